The zero-order valence-corrected chi connectivity index (χ0v) is 11.2. The zero-order chi connectivity index (χ0) is 12.8. The lowest BCUT2D eigenvalue weighted by Crippen LogP contribution is -2.34. The van der Waals surface area contributed by atoms with Crippen molar-refractivity contribution in [1.29, 1.82) is 0 Å². The van der Waals surface area contributed by atoms with E-state index in [4.69, 9.17) is 10.5 Å². The highest BCUT2D eigenvalue weighted by molar-refractivity contribution is 7.10. The van der Waals surface area contributed by atoms with Crippen molar-refractivity contribution in [2.24, 2.45) is 11.7 Å². The minimum atomic E-state index is -0.544. The Morgan fingerprint density at radius 2 is 2.44 bits per heavy atom. The number of thiophene rings is 1. The van der Waals surface area contributed by atoms with E-state index in [0.29, 0.717) is 13.2 Å². The predicted octanol–water partition coefficient (Wildman–Crippen LogP) is 1.68. The predicted molar refractivity (Wildman–Crippen MR) is 72.4 cm³/mol. The summed E-state index contributed by atoms with van der Waals surface area (Å²) in [4.78, 5) is 12.6. The minimum absolute atomic E-state index is 0.111. The van der Waals surface area contributed by atoms with Crippen LogP contribution >= 0.6 is 11.3 Å². The number of ether oxygens (including phenoxy) is 1. The first kappa shape index (κ1) is 13.5. The Morgan fingerprint density at radius 1 is 1.61 bits per heavy atom. The minimum Gasteiger partial charge on any atom is -0.381 e. The quantitative estimate of drug-likeness (QED) is 0.705. The molecule has 18 heavy (non-hydrogen) atoms. The molecule has 1 aliphatic rings. The maximum Gasteiger partial charge on any atom is 0.242 e. The largest absolute Gasteiger partial charge is 0.381 e. The van der Waals surface area contributed by atoms with Crippen LogP contribution in [-0.2, 0) is 9.53 Å². The summed E-state index contributed by atoms with van der Waals surface area (Å²) >= 11 is 1.51. The van der Waals surface area contributed by atoms with Crippen LogP contribution in [0, 0.1) is 5.92 Å². The highest BCUT2D eigenvalue weighted by Crippen LogP contribution is 2.28. The summed E-state index contributed by atoms with van der Waals surface area (Å²) in [5.74, 6) is 0.687. The summed E-state index contributed by atoms with van der Waals surface area (Å²) in [6.45, 7) is 2.22. The van der Waals surface area contributed by atoms with Crippen molar-refractivity contribution in [1.82, 2.24) is 5.32 Å². The molecule has 0 bridgehead atoms. The van der Waals surface area contributed by atoms with Gasteiger partial charge in [-0.1, -0.05) is 6.07 Å². The van der Waals surface area contributed by atoms with Gasteiger partial charge in [0.25, 0.3) is 0 Å². The molecule has 1 unspecified atom stereocenters. The first-order valence-electron chi connectivity index (χ1n) is 6.42. The summed E-state index contributed by atoms with van der Waals surface area (Å²) in [6.07, 6.45) is 3.47. The number of amides is 1. The first-order valence-corrected chi connectivity index (χ1v) is 7.30. The molecule has 100 valence electrons. The Labute approximate surface area is 112 Å². The van der Waals surface area contributed by atoms with Gasteiger partial charge in [-0.25, -0.2) is 0 Å². The average Bonchev–Trinajstić information content (AvgIpc) is 3.04. The van der Waals surface area contributed by atoms with Crippen molar-refractivity contribution < 1.29 is 9.53 Å². The fourth-order valence-electron chi connectivity index (χ4n) is 1.63. The van der Waals surface area contributed by atoms with E-state index in [2.05, 4.69) is 5.32 Å². The molecule has 1 saturated carbocycles. The van der Waals surface area contributed by atoms with Gasteiger partial charge in [0.05, 0.1) is 0 Å². The van der Waals surface area contributed by atoms with E-state index in [-0.39, 0.29) is 5.91 Å². The van der Waals surface area contributed by atoms with E-state index in [1.54, 1.807) is 0 Å². The third kappa shape index (κ3) is 4.40. The molecule has 0 radical (unpaired) electrons. The van der Waals surface area contributed by atoms with Crippen LogP contribution in [0.4, 0.5) is 0 Å². The monoisotopic (exact) mass is 268 g/mol. The Hall–Kier alpha value is -0.910. The molecule has 1 aromatic heterocycles. The number of nitrogens with one attached hydrogen (secondary N) is 1. The van der Waals surface area contributed by atoms with Crippen LogP contribution in [-0.4, -0.2) is 25.7 Å². The first-order chi connectivity index (χ1) is 8.77. The molecule has 1 aromatic rings. The molecule has 1 fully saturated rings. The summed E-state index contributed by atoms with van der Waals surface area (Å²) in [5.41, 5.74) is 5.84. The smallest absolute Gasteiger partial charge is 0.242 e. The van der Waals surface area contributed by atoms with Crippen LogP contribution in [0.5, 0.6) is 0 Å². The maximum absolute atomic E-state index is 11.7. The molecule has 3 N–H and O–H groups in total. The van der Waals surface area contributed by atoms with Gasteiger partial charge in [-0.05, 0) is 36.6 Å². The van der Waals surface area contributed by atoms with E-state index in [0.717, 1.165) is 23.8 Å². The summed E-state index contributed by atoms with van der Waals surface area (Å²) in [5, 5.41) is 4.76. The van der Waals surface area contributed by atoms with Crippen LogP contribution < -0.4 is 11.1 Å². The molecule has 0 saturated heterocycles. The van der Waals surface area contributed by atoms with Crippen molar-refractivity contribution in [2.45, 2.75) is 25.3 Å². The van der Waals surface area contributed by atoms with E-state index in [1.807, 2.05) is 17.5 Å². The molecule has 1 atom stereocenters. The Morgan fingerprint density at radius 3 is 3.11 bits per heavy atom. The molecule has 0 aliphatic heterocycles. The normalized spacial score (nSPS) is 16.5. The van der Waals surface area contributed by atoms with E-state index < -0.39 is 6.04 Å². The van der Waals surface area contributed by atoms with Gasteiger partial charge in [0.2, 0.25) is 5.91 Å². The fourth-order valence-corrected chi connectivity index (χ4v) is 2.35. The van der Waals surface area contributed by atoms with Crippen molar-refractivity contribution in [3.8, 4) is 0 Å². The van der Waals surface area contributed by atoms with Crippen LogP contribution in [0.1, 0.15) is 30.2 Å². The number of rotatable bonds is 8. The van der Waals surface area contributed by atoms with Gasteiger partial charge in [0.1, 0.15) is 6.04 Å². The molecular formula is C13H20N2O2S. The van der Waals surface area contributed by atoms with Gasteiger partial charge in [-0.3, -0.25) is 4.79 Å². The van der Waals surface area contributed by atoms with Gasteiger partial charge in [-0.2, -0.15) is 0 Å². The number of carbonyl (C=O) groups is 1. The molecule has 1 amide bonds. The van der Waals surface area contributed by atoms with Crippen molar-refractivity contribution in [3.05, 3.63) is 22.4 Å². The van der Waals surface area contributed by atoms with E-state index >= 15 is 0 Å². The highest BCUT2D eigenvalue weighted by atomic mass is 32.1. The molecule has 1 aliphatic carbocycles. The summed E-state index contributed by atoms with van der Waals surface area (Å²) in [7, 11) is 0. The lowest BCUT2D eigenvalue weighted by Gasteiger charge is -2.10. The number of hydrogen-bond donors (Lipinski definition) is 2. The number of nitrogens with two attached hydrogens (primary N) is 1. The lowest BCUT2D eigenvalue weighted by atomic mass is 10.2. The van der Waals surface area contributed by atoms with Crippen LogP contribution in [0.15, 0.2) is 17.5 Å². The van der Waals surface area contributed by atoms with Gasteiger partial charge in [0, 0.05) is 24.6 Å². The average molecular weight is 268 g/mol. The van der Waals surface area contributed by atoms with Crippen LogP contribution in [0.25, 0.3) is 0 Å². The summed E-state index contributed by atoms with van der Waals surface area (Å²) in [6, 6.07) is 3.24. The van der Waals surface area contributed by atoms with Crippen LogP contribution in [0.3, 0.4) is 0 Å². The third-order valence-corrected chi connectivity index (χ3v) is 3.90. The number of carbonyl (C=O) groups excluding carboxylic acids is 1. The Balaban J connectivity index is 1.53. The number of hydrogen-bond acceptors (Lipinski definition) is 4. The Kier molecular flexibility index (Phi) is 5.16. The Bertz CT molecular complexity index is 363. The van der Waals surface area contributed by atoms with Gasteiger partial charge in [0.15, 0.2) is 0 Å². The zero-order valence-electron chi connectivity index (χ0n) is 10.4. The molecule has 1 heterocycles. The summed E-state index contributed by atoms with van der Waals surface area (Å²) < 4.78 is 5.49. The molecule has 0 spiro atoms. The molecule has 0 aromatic carbocycles. The second-order valence-corrected chi connectivity index (χ2v) is 5.64. The second kappa shape index (κ2) is 6.87. The van der Waals surface area contributed by atoms with Crippen LogP contribution in [0.2, 0.25) is 0 Å². The standard InChI is InChI=1S/C13H20N2O2S/c14-12(11-3-1-8-18-11)13(16)15-6-2-7-17-9-10-4-5-10/h1,3,8,10,12H,2,4-7,9,14H2,(H,15,16). The lowest BCUT2D eigenvalue weighted by molar-refractivity contribution is -0.122. The molecule has 5 heteroatoms. The highest BCUT2D eigenvalue weighted by Gasteiger charge is 2.21. The van der Waals surface area contributed by atoms with E-state index in [9.17, 15) is 4.79 Å². The van der Waals surface area contributed by atoms with Gasteiger partial charge in [-0.15, -0.1) is 11.3 Å². The fraction of sp³-hybridized carbons (Fsp3) is 0.615. The SMILES string of the molecule is NC(C(=O)NCCCOCC1CC1)c1cccs1. The van der Waals surface area contributed by atoms with Gasteiger partial charge < -0.3 is 15.8 Å². The van der Waals surface area contributed by atoms with E-state index in [1.165, 1.54) is 24.2 Å². The van der Waals surface area contributed by atoms with Crippen molar-refractivity contribution in [2.75, 3.05) is 19.8 Å². The topological polar surface area (TPSA) is 64.4 Å². The molecule has 2 rings (SSSR count). The van der Waals surface area contributed by atoms with Crippen molar-refractivity contribution in [3.63, 3.8) is 0 Å². The van der Waals surface area contributed by atoms with Crippen molar-refractivity contribution >= 4 is 17.2 Å². The molecule has 4 nitrogen and oxygen atoms in total. The third-order valence-electron chi connectivity index (χ3n) is 2.95. The maximum atomic E-state index is 11.7. The second-order valence-electron chi connectivity index (χ2n) is 4.66. The molecular weight excluding hydrogens is 248 g/mol. The van der Waals surface area contributed by atoms with Gasteiger partial charge >= 0.3 is 0 Å².